The molecule has 25 heavy (non-hydrogen) atoms. The molecule has 2 fully saturated rings. The van der Waals surface area contributed by atoms with Crippen molar-refractivity contribution in [3.05, 3.63) is 35.9 Å². The van der Waals surface area contributed by atoms with Crippen LogP contribution in [0, 0.1) is 0 Å². The summed E-state index contributed by atoms with van der Waals surface area (Å²) in [5.41, 5.74) is 0.256. The Bertz CT molecular complexity index is 781. The molecule has 134 valence electrons. The summed E-state index contributed by atoms with van der Waals surface area (Å²) in [4.78, 5) is 14.9. The SMILES string of the molecule is C=CCN1CCC23c4c5ccc(O)c4O[C@H]2C(=O)CC[C@@]3(O)[C@H]1C5.Cl. The van der Waals surface area contributed by atoms with Crippen molar-refractivity contribution in [1.29, 1.82) is 0 Å². The summed E-state index contributed by atoms with van der Waals surface area (Å²) in [6.45, 7) is 5.36. The number of Topliss-reactive ketones (excluding diaryl/α,β-unsaturated/α-hetero) is 1. The number of aliphatic hydroxyl groups is 1. The molecule has 4 aliphatic rings. The molecule has 5 rings (SSSR count). The number of ether oxygens (including phenoxy) is 1. The van der Waals surface area contributed by atoms with Crippen molar-refractivity contribution in [3.8, 4) is 11.5 Å². The molecule has 5 nitrogen and oxygen atoms in total. The third-order valence-electron chi connectivity index (χ3n) is 6.73. The van der Waals surface area contributed by atoms with Crippen molar-refractivity contribution >= 4 is 18.2 Å². The Morgan fingerprint density at radius 3 is 2.96 bits per heavy atom. The minimum absolute atomic E-state index is 0. The van der Waals surface area contributed by atoms with E-state index < -0.39 is 17.1 Å². The van der Waals surface area contributed by atoms with E-state index in [1.807, 2.05) is 12.1 Å². The van der Waals surface area contributed by atoms with E-state index in [1.165, 1.54) is 0 Å². The van der Waals surface area contributed by atoms with Crippen LogP contribution in [0.1, 0.15) is 30.4 Å². The van der Waals surface area contributed by atoms with E-state index in [0.717, 1.165) is 24.2 Å². The van der Waals surface area contributed by atoms with Crippen LogP contribution in [0.3, 0.4) is 0 Å². The van der Waals surface area contributed by atoms with Crippen molar-refractivity contribution in [2.45, 2.75) is 48.8 Å². The molecule has 1 saturated heterocycles. The highest BCUT2D eigenvalue weighted by molar-refractivity contribution is 5.90. The van der Waals surface area contributed by atoms with E-state index in [2.05, 4.69) is 11.5 Å². The normalized spacial score (nSPS) is 37.7. The first-order chi connectivity index (χ1) is 11.5. The molecular formula is C19H22ClNO4. The summed E-state index contributed by atoms with van der Waals surface area (Å²) in [5, 5.41) is 22.1. The standard InChI is InChI=1S/C19H21NO4.ClH/c1-2-8-20-9-7-18-15-11-3-4-12(21)16(15)24-17(18)13(22)5-6-19(18,23)14(20)10-11;/h2-4,14,17,21,23H,1,5-10H2;1H/t14-,17+,18?,19-;/m1./s1. The summed E-state index contributed by atoms with van der Waals surface area (Å²) in [6, 6.07) is 3.52. The van der Waals surface area contributed by atoms with Gasteiger partial charge in [0.05, 0.1) is 11.0 Å². The largest absolute Gasteiger partial charge is 0.504 e. The van der Waals surface area contributed by atoms with Crippen molar-refractivity contribution in [3.63, 3.8) is 0 Å². The zero-order chi connectivity index (χ0) is 16.7. The molecule has 2 bridgehead atoms. The van der Waals surface area contributed by atoms with Gasteiger partial charge in [-0.25, -0.2) is 0 Å². The molecule has 0 radical (unpaired) electrons. The van der Waals surface area contributed by atoms with Gasteiger partial charge in [0, 0.05) is 31.1 Å². The molecule has 2 aliphatic carbocycles. The second kappa shape index (κ2) is 5.22. The molecule has 6 heteroatoms. The average Bonchev–Trinajstić information content (AvgIpc) is 2.91. The molecule has 2 heterocycles. The second-order valence-electron chi connectivity index (χ2n) is 7.56. The lowest BCUT2D eigenvalue weighted by Gasteiger charge is -2.62. The Balaban J connectivity index is 0.00000157. The maximum absolute atomic E-state index is 12.6. The van der Waals surface area contributed by atoms with E-state index in [1.54, 1.807) is 6.07 Å². The van der Waals surface area contributed by atoms with Crippen LogP contribution >= 0.6 is 12.4 Å². The van der Waals surface area contributed by atoms with Gasteiger partial charge in [0.2, 0.25) is 0 Å². The molecule has 4 atom stereocenters. The molecule has 2 N–H and O–H groups in total. The van der Waals surface area contributed by atoms with Crippen LogP contribution in [-0.4, -0.2) is 51.7 Å². The minimum Gasteiger partial charge on any atom is -0.504 e. The molecule has 0 amide bonds. The Morgan fingerprint density at radius 1 is 1.40 bits per heavy atom. The van der Waals surface area contributed by atoms with Crippen LogP contribution in [0.25, 0.3) is 0 Å². The smallest absolute Gasteiger partial charge is 0.174 e. The first-order valence-electron chi connectivity index (χ1n) is 8.65. The van der Waals surface area contributed by atoms with Gasteiger partial charge in [0.25, 0.3) is 0 Å². The van der Waals surface area contributed by atoms with E-state index in [0.29, 0.717) is 31.4 Å². The average molecular weight is 364 g/mol. The number of carbonyl (C=O) groups is 1. The fourth-order valence-electron chi connectivity index (χ4n) is 5.80. The number of benzene rings is 1. The number of ketones is 1. The number of piperidine rings is 1. The van der Waals surface area contributed by atoms with Gasteiger partial charge >= 0.3 is 0 Å². The summed E-state index contributed by atoms with van der Waals surface area (Å²) in [6.07, 6.45) is 3.35. The number of carbonyl (C=O) groups excluding carboxylic acids is 1. The van der Waals surface area contributed by atoms with Crippen LogP contribution in [-0.2, 0) is 16.6 Å². The summed E-state index contributed by atoms with van der Waals surface area (Å²) >= 11 is 0. The number of phenols is 1. The highest BCUT2D eigenvalue weighted by Gasteiger charge is 2.72. The maximum atomic E-state index is 12.6. The number of phenolic OH excluding ortho intramolecular Hbond substituents is 1. The molecular weight excluding hydrogens is 342 g/mol. The van der Waals surface area contributed by atoms with Crippen LogP contribution in [0.5, 0.6) is 11.5 Å². The lowest BCUT2D eigenvalue weighted by atomic mass is 9.49. The van der Waals surface area contributed by atoms with Gasteiger partial charge in [-0.05, 0) is 30.9 Å². The first-order valence-corrected chi connectivity index (χ1v) is 8.65. The van der Waals surface area contributed by atoms with Gasteiger partial charge in [-0.2, -0.15) is 0 Å². The van der Waals surface area contributed by atoms with Gasteiger partial charge in [0.1, 0.15) is 0 Å². The molecule has 0 aromatic heterocycles. The van der Waals surface area contributed by atoms with Crippen molar-refractivity contribution in [2.75, 3.05) is 13.1 Å². The van der Waals surface area contributed by atoms with Gasteiger partial charge < -0.3 is 14.9 Å². The van der Waals surface area contributed by atoms with Gasteiger partial charge in [-0.3, -0.25) is 9.69 Å². The molecule has 2 aliphatic heterocycles. The number of likely N-dealkylation sites (tertiary alicyclic amines) is 1. The lowest BCUT2D eigenvalue weighted by Crippen LogP contribution is -2.76. The Kier molecular flexibility index (Phi) is 3.53. The predicted molar refractivity (Wildman–Crippen MR) is 94.5 cm³/mol. The zero-order valence-electron chi connectivity index (χ0n) is 13.9. The molecule has 1 aromatic rings. The van der Waals surface area contributed by atoms with Gasteiger partial charge in [0.15, 0.2) is 23.4 Å². The lowest BCUT2D eigenvalue weighted by molar-refractivity contribution is -0.187. The quantitative estimate of drug-likeness (QED) is 0.783. The molecule has 1 spiro atoms. The fourth-order valence-corrected chi connectivity index (χ4v) is 5.80. The zero-order valence-corrected chi connectivity index (χ0v) is 14.7. The summed E-state index contributed by atoms with van der Waals surface area (Å²) in [5.74, 6) is 0.528. The third kappa shape index (κ3) is 1.74. The highest BCUT2D eigenvalue weighted by atomic mass is 35.5. The summed E-state index contributed by atoms with van der Waals surface area (Å²) in [7, 11) is 0. The van der Waals surface area contributed by atoms with E-state index >= 15 is 0 Å². The molecule has 1 unspecified atom stereocenters. The van der Waals surface area contributed by atoms with Crippen molar-refractivity contribution in [1.82, 2.24) is 4.90 Å². The van der Waals surface area contributed by atoms with E-state index in [4.69, 9.17) is 4.74 Å². The Hall–Kier alpha value is -1.56. The number of nitrogens with zero attached hydrogens (tertiary/aromatic N) is 1. The van der Waals surface area contributed by atoms with Gasteiger partial charge in [-0.15, -0.1) is 19.0 Å². The topological polar surface area (TPSA) is 70.0 Å². The Labute approximate surface area is 152 Å². The first kappa shape index (κ1) is 16.9. The number of aromatic hydroxyl groups is 1. The number of hydrogen-bond donors (Lipinski definition) is 2. The third-order valence-corrected chi connectivity index (χ3v) is 6.73. The summed E-state index contributed by atoms with van der Waals surface area (Å²) < 4.78 is 5.98. The van der Waals surface area contributed by atoms with Crippen LogP contribution in [0.15, 0.2) is 24.8 Å². The maximum Gasteiger partial charge on any atom is 0.174 e. The van der Waals surface area contributed by atoms with Crippen molar-refractivity contribution in [2.24, 2.45) is 0 Å². The second-order valence-corrected chi connectivity index (χ2v) is 7.56. The molecule has 1 aromatic carbocycles. The monoisotopic (exact) mass is 363 g/mol. The Morgan fingerprint density at radius 2 is 2.20 bits per heavy atom. The number of hydrogen-bond acceptors (Lipinski definition) is 5. The highest BCUT2D eigenvalue weighted by Crippen LogP contribution is 2.64. The van der Waals surface area contributed by atoms with Crippen LogP contribution in [0.4, 0.5) is 0 Å². The van der Waals surface area contributed by atoms with E-state index in [-0.39, 0.29) is 30.0 Å². The number of rotatable bonds is 2. The van der Waals surface area contributed by atoms with Gasteiger partial charge in [-0.1, -0.05) is 12.1 Å². The van der Waals surface area contributed by atoms with Crippen LogP contribution < -0.4 is 4.74 Å². The number of halogens is 1. The molecule has 1 saturated carbocycles. The fraction of sp³-hybridized carbons (Fsp3) is 0.526. The predicted octanol–water partition coefficient (Wildman–Crippen LogP) is 1.72. The minimum atomic E-state index is -1.00. The van der Waals surface area contributed by atoms with E-state index in [9.17, 15) is 15.0 Å². The van der Waals surface area contributed by atoms with Crippen LogP contribution in [0.2, 0.25) is 0 Å². The van der Waals surface area contributed by atoms with Crippen molar-refractivity contribution < 1.29 is 19.7 Å².